The molecule has 3 saturated heterocycles. The number of rotatable bonds is 20. The number of ether oxygens (including phenoxy) is 5. The molecule has 0 aliphatic carbocycles. The molecular weight excluding hydrogens is 979 g/mol. The van der Waals surface area contributed by atoms with Crippen LogP contribution in [0, 0.1) is 6.92 Å². The highest BCUT2D eigenvalue weighted by Gasteiger charge is 2.54. The van der Waals surface area contributed by atoms with Crippen molar-refractivity contribution in [1.82, 2.24) is 39.0 Å². The number of aryl methyl sites for hydroxylation is 1. The Morgan fingerprint density at radius 1 is 0.794 bits per heavy atom. The van der Waals surface area contributed by atoms with Crippen LogP contribution in [0.5, 0.6) is 0 Å². The second-order valence-electron chi connectivity index (χ2n) is 16.4. The zero-order valence-corrected chi connectivity index (χ0v) is 41.3. The predicted molar refractivity (Wildman–Crippen MR) is 246 cm³/mol. The fourth-order valence-corrected chi connectivity index (χ4v) is 13.3. The molecule has 2 bridgehead atoms. The van der Waals surface area contributed by atoms with Gasteiger partial charge in [-0.05, 0) is 31.1 Å². The number of H-pyrrole nitrogens is 1. The standard InChI is InChI=1S/C40H57F2N9O13P2S2/c1-4-6-8-10-12-14-27(52)58-22-67-65(55)21-57-33-26(63-39(30(33)42)50-19-46-31-35(43)44-18-45-36(31)50)17-61-66(56,68-23-59-28(53)15-13-11-9-7-5-2)64-34-29(41)25(16-60-65)62-40(34)51-20-47-32-37(51)48-24(3)49-38(32)54/h18-20,25-26,29-30,33-34,39-40H,4-17,21-23H2,1-3H3,(H2,43,44,45)(H,48,49,54)/t25-,26-,29-,30-,33-,34-,39-,40-,65?,66?/m1/s1. The number of anilines is 1. The van der Waals surface area contributed by atoms with E-state index in [1.54, 1.807) is 0 Å². The Hall–Kier alpha value is -3.58. The van der Waals surface area contributed by atoms with Crippen LogP contribution in [0.4, 0.5) is 14.6 Å². The van der Waals surface area contributed by atoms with Gasteiger partial charge in [0.25, 0.3) is 12.1 Å². The fraction of sp³-hybridized carbons (Fsp3) is 0.700. The number of nitrogen functional groups attached to an aromatic ring is 1. The Labute approximate surface area is 398 Å². The van der Waals surface area contributed by atoms with Gasteiger partial charge in [0.2, 0.25) is 0 Å². The number of alkyl halides is 2. The number of aromatic nitrogens is 8. The van der Waals surface area contributed by atoms with Gasteiger partial charge in [0.15, 0.2) is 47.4 Å². The van der Waals surface area contributed by atoms with Crippen molar-refractivity contribution >= 4 is 76.2 Å². The highest BCUT2D eigenvalue weighted by atomic mass is 32.7. The van der Waals surface area contributed by atoms with E-state index < -0.39 is 112 Å². The Kier molecular flexibility index (Phi) is 18.5. The van der Waals surface area contributed by atoms with Crippen LogP contribution >= 0.6 is 36.1 Å². The molecule has 4 aromatic heterocycles. The molecule has 0 radical (unpaired) electrons. The summed E-state index contributed by atoms with van der Waals surface area (Å²) in [6.45, 7) is -4.73. The molecule has 0 saturated carbocycles. The first kappa shape index (κ1) is 52.2. The molecule has 3 aliphatic rings. The molecule has 4 aromatic rings. The van der Waals surface area contributed by atoms with Crippen LogP contribution in [-0.4, -0.2) is 119 Å². The summed E-state index contributed by atoms with van der Waals surface area (Å²) in [6, 6.07) is 0. The van der Waals surface area contributed by atoms with E-state index in [1.807, 2.05) is 0 Å². The SMILES string of the molecule is CCCCCCCC(=O)OCSP1(=O)CO[C@H]2[C@@H](F)[C@H](n3cnc4c(N)ncnc43)O[C@@H]2COP(=O)(SCOC(=O)CCCCCCC)O[C@@H]2[C@H](F)[C@@H](CO1)O[C@H]2n1cnc2c(=O)[nH]c(C)nc21. The largest absolute Gasteiger partial charge is 0.454 e. The summed E-state index contributed by atoms with van der Waals surface area (Å²) >= 11 is 1.02. The van der Waals surface area contributed by atoms with E-state index in [-0.39, 0.29) is 46.8 Å². The number of hydrogen-bond donors (Lipinski definition) is 2. The quantitative estimate of drug-likeness (QED) is 0.0373. The molecule has 7 rings (SSSR count). The smallest absolute Gasteiger partial charge is 0.393 e. The van der Waals surface area contributed by atoms with Gasteiger partial charge in [0.1, 0.15) is 60.3 Å². The van der Waals surface area contributed by atoms with Gasteiger partial charge in [-0.2, -0.15) is 0 Å². The summed E-state index contributed by atoms with van der Waals surface area (Å²) in [5, 5.41) is 0. The number of aromatic amines is 1. The zero-order valence-electron chi connectivity index (χ0n) is 37.9. The molecule has 2 unspecified atom stereocenters. The van der Waals surface area contributed by atoms with E-state index in [4.69, 9.17) is 43.0 Å². The molecule has 28 heteroatoms. The molecule has 3 fully saturated rings. The Balaban J connectivity index is 1.19. The van der Waals surface area contributed by atoms with Crippen molar-refractivity contribution in [2.75, 3.05) is 37.2 Å². The molecule has 0 aromatic carbocycles. The van der Waals surface area contributed by atoms with Crippen molar-refractivity contribution in [2.45, 2.75) is 147 Å². The third kappa shape index (κ3) is 12.8. The first-order chi connectivity index (χ1) is 32.7. The molecule has 0 amide bonds. The first-order valence-electron chi connectivity index (χ1n) is 22.6. The van der Waals surface area contributed by atoms with E-state index in [9.17, 15) is 23.5 Å². The monoisotopic (exact) mass is 1040 g/mol. The number of esters is 2. The first-order valence-corrected chi connectivity index (χ1v) is 29.1. The summed E-state index contributed by atoms with van der Waals surface area (Å²) in [7, 11) is 0. The van der Waals surface area contributed by atoms with Gasteiger partial charge < -0.3 is 38.9 Å². The van der Waals surface area contributed by atoms with E-state index in [0.717, 1.165) is 57.7 Å². The number of imidazole rings is 2. The van der Waals surface area contributed by atoms with Crippen LogP contribution < -0.4 is 11.3 Å². The number of nitrogens with two attached hydrogens (primary N) is 1. The Bertz CT molecular complexity index is 2510. The summed E-state index contributed by atoms with van der Waals surface area (Å²) in [4.78, 5) is 61.7. The number of carbonyl (C=O) groups excluding carboxylic acids is 2. The van der Waals surface area contributed by atoms with Gasteiger partial charge in [0, 0.05) is 24.2 Å². The number of fused-ring (bicyclic) bond motifs is 5. The predicted octanol–water partition coefficient (Wildman–Crippen LogP) is 7.59. The van der Waals surface area contributed by atoms with Gasteiger partial charge in [-0.3, -0.25) is 37.1 Å². The van der Waals surface area contributed by atoms with Gasteiger partial charge in [-0.1, -0.05) is 65.2 Å². The van der Waals surface area contributed by atoms with Gasteiger partial charge in [-0.15, -0.1) is 0 Å². The molecule has 22 nitrogen and oxygen atoms in total. The topological polar surface area (TPSA) is 275 Å². The molecule has 10 atom stereocenters. The molecule has 68 heavy (non-hydrogen) atoms. The zero-order chi connectivity index (χ0) is 48.4. The molecule has 3 aliphatic heterocycles. The Morgan fingerprint density at radius 2 is 1.41 bits per heavy atom. The van der Waals surface area contributed by atoms with Gasteiger partial charge in [-0.25, -0.2) is 38.3 Å². The Morgan fingerprint density at radius 3 is 2.10 bits per heavy atom. The molecule has 376 valence electrons. The molecule has 3 N–H and O–H groups in total. The maximum atomic E-state index is 17.0. The van der Waals surface area contributed by atoms with Crippen LogP contribution in [0.3, 0.4) is 0 Å². The summed E-state index contributed by atoms with van der Waals surface area (Å²) < 4.78 is 113. The van der Waals surface area contributed by atoms with Crippen LogP contribution in [0.15, 0.2) is 23.8 Å². The maximum Gasteiger partial charge on any atom is 0.393 e. The van der Waals surface area contributed by atoms with Crippen molar-refractivity contribution in [1.29, 1.82) is 0 Å². The average Bonchev–Trinajstić information content (AvgIpc) is 4.08. The van der Waals surface area contributed by atoms with Crippen LogP contribution in [-0.2, 0) is 56.0 Å². The second kappa shape index (κ2) is 24.0. The van der Waals surface area contributed by atoms with E-state index in [0.29, 0.717) is 35.6 Å². The lowest BCUT2D eigenvalue weighted by molar-refractivity contribution is -0.142. The van der Waals surface area contributed by atoms with Crippen LogP contribution in [0.2, 0.25) is 0 Å². The normalized spacial score (nSPS) is 29.0. The average molecular weight is 1040 g/mol. The summed E-state index contributed by atoms with van der Waals surface area (Å²) in [5.74, 6) is -1.90. The number of nitrogens with one attached hydrogen (secondary N) is 1. The van der Waals surface area contributed by atoms with Crippen molar-refractivity contribution in [2.24, 2.45) is 0 Å². The van der Waals surface area contributed by atoms with Crippen LogP contribution in [0.1, 0.15) is 109 Å². The van der Waals surface area contributed by atoms with E-state index in [2.05, 4.69) is 43.8 Å². The third-order valence-electron chi connectivity index (χ3n) is 11.4. The molecule has 7 heterocycles. The highest BCUT2D eigenvalue weighted by molar-refractivity contribution is 8.56. The minimum atomic E-state index is -4.71. The number of nitrogens with zero attached hydrogens (tertiary/aromatic N) is 7. The summed E-state index contributed by atoms with van der Waals surface area (Å²) in [6.07, 6.45) is -1.96. The number of unbranched alkanes of at least 4 members (excludes halogenated alkanes) is 8. The van der Waals surface area contributed by atoms with Crippen molar-refractivity contribution < 1.29 is 64.8 Å². The molecule has 0 spiro atoms. The lowest BCUT2D eigenvalue weighted by Gasteiger charge is -2.28. The highest BCUT2D eigenvalue weighted by Crippen LogP contribution is 2.65. The number of hydrogen-bond acceptors (Lipinski definition) is 21. The minimum Gasteiger partial charge on any atom is -0.454 e. The van der Waals surface area contributed by atoms with E-state index in [1.165, 1.54) is 28.7 Å². The van der Waals surface area contributed by atoms with Crippen molar-refractivity contribution in [3.8, 4) is 0 Å². The number of halogens is 2. The van der Waals surface area contributed by atoms with Gasteiger partial charge in [0.05, 0.1) is 25.9 Å². The van der Waals surface area contributed by atoms with Gasteiger partial charge >= 0.3 is 18.7 Å². The third-order valence-corrected chi connectivity index (χ3v) is 18.5. The van der Waals surface area contributed by atoms with Crippen LogP contribution in [0.25, 0.3) is 22.3 Å². The summed E-state index contributed by atoms with van der Waals surface area (Å²) in [5.41, 5.74) is 5.52. The molecular formula is C40H57F2N9O13P2S2. The minimum absolute atomic E-state index is 0.0177. The van der Waals surface area contributed by atoms with Crippen molar-refractivity contribution in [3.05, 3.63) is 35.2 Å². The van der Waals surface area contributed by atoms with Crippen molar-refractivity contribution in [3.63, 3.8) is 0 Å². The fourth-order valence-electron chi connectivity index (χ4n) is 7.80. The maximum absolute atomic E-state index is 17.0. The lowest BCUT2D eigenvalue weighted by atomic mass is 10.1. The lowest BCUT2D eigenvalue weighted by Crippen LogP contribution is -2.36. The second-order valence-corrected chi connectivity index (χ2v) is 25.1. The number of carbonyl (C=O) groups is 2. The van der Waals surface area contributed by atoms with E-state index >= 15 is 8.78 Å².